The van der Waals surface area contributed by atoms with E-state index in [2.05, 4.69) is 5.32 Å². The lowest BCUT2D eigenvalue weighted by atomic mass is 9.64. The van der Waals surface area contributed by atoms with Crippen molar-refractivity contribution in [3.05, 3.63) is 58.9 Å². The van der Waals surface area contributed by atoms with Crippen molar-refractivity contribution < 1.29 is 17.6 Å². The molecule has 1 N–H and O–H groups in total. The van der Waals surface area contributed by atoms with Crippen LogP contribution in [-0.2, 0) is 20.0 Å². The summed E-state index contributed by atoms with van der Waals surface area (Å²) >= 11 is 5.91. The molecule has 0 heterocycles. The highest BCUT2D eigenvalue weighted by molar-refractivity contribution is 7.90. The molecule has 1 fully saturated rings. The highest BCUT2D eigenvalue weighted by Gasteiger charge is 2.45. The van der Waals surface area contributed by atoms with Crippen molar-refractivity contribution in [2.24, 2.45) is 0 Å². The summed E-state index contributed by atoms with van der Waals surface area (Å²) in [7, 11) is -3.49. The smallest absolute Gasteiger partial charge is 0.235 e. The average Bonchev–Trinajstić information content (AvgIpc) is 2.49. The van der Waals surface area contributed by atoms with Gasteiger partial charge in [-0.1, -0.05) is 30.2 Å². The van der Waals surface area contributed by atoms with Gasteiger partial charge < -0.3 is 5.32 Å². The molecule has 0 aromatic heterocycles. The molecule has 2 aromatic rings. The number of amides is 1. The Labute approximate surface area is 150 Å². The van der Waals surface area contributed by atoms with Crippen molar-refractivity contribution in [2.75, 3.05) is 11.6 Å². The van der Waals surface area contributed by atoms with Crippen LogP contribution in [0.25, 0.3) is 0 Å². The topological polar surface area (TPSA) is 63.2 Å². The lowest BCUT2D eigenvalue weighted by molar-refractivity contribution is -0.124. The summed E-state index contributed by atoms with van der Waals surface area (Å²) in [6.45, 7) is 0. The Balaban J connectivity index is 1.92. The van der Waals surface area contributed by atoms with Gasteiger partial charge in [0, 0.05) is 11.3 Å². The highest BCUT2D eigenvalue weighted by atomic mass is 35.5. The Bertz CT molecular complexity index is 922. The minimum Gasteiger partial charge on any atom is -0.323 e. The third kappa shape index (κ3) is 3.41. The Hall–Kier alpha value is -1.92. The zero-order valence-corrected chi connectivity index (χ0v) is 15.1. The molecular formula is C18H17ClFNO3S. The molecule has 3 rings (SSSR count). The summed E-state index contributed by atoms with van der Waals surface area (Å²) < 4.78 is 37.4. The molecule has 0 spiro atoms. The third-order valence-electron chi connectivity index (χ3n) is 4.65. The van der Waals surface area contributed by atoms with Crippen LogP contribution >= 0.6 is 11.6 Å². The fraction of sp³-hybridized carbons (Fsp3) is 0.278. The van der Waals surface area contributed by atoms with E-state index in [1.54, 1.807) is 24.3 Å². The van der Waals surface area contributed by atoms with Gasteiger partial charge in [-0.25, -0.2) is 12.8 Å². The van der Waals surface area contributed by atoms with E-state index in [9.17, 15) is 17.6 Å². The van der Waals surface area contributed by atoms with Gasteiger partial charge in [0.1, 0.15) is 5.82 Å². The lowest BCUT2D eigenvalue weighted by Crippen LogP contribution is -2.46. The number of sulfone groups is 1. The predicted octanol–water partition coefficient (Wildman–Crippen LogP) is 3.94. The van der Waals surface area contributed by atoms with Crippen LogP contribution in [0.1, 0.15) is 24.8 Å². The molecule has 1 aliphatic rings. The standard InChI is InChI=1S/C18H17ClFNO3S/c1-25(23,24)14-7-8-15(20)16(11-14)21-17(22)18(9-2-10-18)12-3-5-13(19)6-4-12/h3-8,11H,2,9-10H2,1H3,(H,21,22). The summed E-state index contributed by atoms with van der Waals surface area (Å²) in [5, 5.41) is 3.14. The van der Waals surface area contributed by atoms with Gasteiger partial charge in [-0.15, -0.1) is 0 Å². The van der Waals surface area contributed by atoms with E-state index >= 15 is 0 Å². The second-order valence-corrected chi connectivity index (χ2v) is 8.76. The Kier molecular flexibility index (Phi) is 4.60. The fourth-order valence-corrected chi connectivity index (χ4v) is 3.79. The molecule has 25 heavy (non-hydrogen) atoms. The molecule has 7 heteroatoms. The molecule has 4 nitrogen and oxygen atoms in total. The number of nitrogens with one attached hydrogen (secondary N) is 1. The Morgan fingerprint density at radius 2 is 1.80 bits per heavy atom. The number of halogens is 2. The molecule has 0 unspecified atom stereocenters. The molecule has 2 aromatic carbocycles. The third-order valence-corrected chi connectivity index (χ3v) is 6.01. The van der Waals surface area contributed by atoms with Crippen molar-refractivity contribution >= 4 is 33.0 Å². The van der Waals surface area contributed by atoms with Crippen LogP contribution in [0.5, 0.6) is 0 Å². The minimum atomic E-state index is -3.49. The van der Waals surface area contributed by atoms with E-state index in [1.165, 1.54) is 6.07 Å². The van der Waals surface area contributed by atoms with Gasteiger partial charge in [0.15, 0.2) is 9.84 Å². The van der Waals surface area contributed by atoms with Crippen LogP contribution in [0, 0.1) is 5.82 Å². The average molecular weight is 382 g/mol. The number of carbonyl (C=O) groups excluding carboxylic acids is 1. The van der Waals surface area contributed by atoms with Gasteiger partial charge in [-0.2, -0.15) is 0 Å². The predicted molar refractivity (Wildman–Crippen MR) is 95.1 cm³/mol. The summed E-state index contributed by atoms with van der Waals surface area (Å²) in [5.41, 5.74) is -0.0496. The number of anilines is 1. The van der Waals surface area contributed by atoms with Crippen LogP contribution in [0.3, 0.4) is 0 Å². The van der Waals surface area contributed by atoms with E-state index in [-0.39, 0.29) is 16.5 Å². The molecule has 1 aliphatic carbocycles. The van der Waals surface area contributed by atoms with Crippen molar-refractivity contribution in [2.45, 2.75) is 29.6 Å². The van der Waals surface area contributed by atoms with E-state index in [0.29, 0.717) is 17.9 Å². The molecular weight excluding hydrogens is 365 g/mol. The molecule has 0 aliphatic heterocycles. The monoisotopic (exact) mass is 381 g/mol. The van der Waals surface area contributed by atoms with Crippen molar-refractivity contribution in [3.63, 3.8) is 0 Å². The first-order valence-electron chi connectivity index (χ1n) is 7.79. The summed E-state index contributed by atoms with van der Waals surface area (Å²) in [5.74, 6) is -1.02. The van der Waals surface area contributed by atoms with Crippen molar-refractivity contribution in [3.8, 4) is 0 Å². The molecule has 132 valence electrons. The van der Waals surface area contributed by atoms with Gasteiger partial charge in [-0.3, -0.25) is 4.79 Å². The van der Waals surface area contributed by atoms with Gasteiger partial charge in [0.2, 0.25) is 5.91 Å². The quantitative estimate of drug-likeness (QED) is 0.816. The van der Waals surface area contributed by atoms with Crippen LogP contribution in [0.2, 0.25) is 5.02 Å². The van der Waals surface area contributed by atoms with Crippen LogP contribution in [0.15, 0.2) is 47.4 Å². The van der Waals surface area contributed by atoms with Gasteiger partial charge >= 0.3 is 0 Å². The van der Waals surface area contributed by atoms with E-state index < -0.39 is 21.1 Å². The number of benzene rings is 2. The number of hydrogen-bond donors (Lipinski definition) is 1. The number of rotatable bonds is 4. The number of hydrogen-bond acceptors (Lipinski definition) is 3. The van der Waals surface area contributed by atoms with E-state index in [4.69, 9.17) is 11.6 Å². The molecule has 0 bridgehead atoms. The second-order valence-electron chi connectivity index (χ2n) is 6.31. The molecule has 0 atom stereocenters. The van der Waals surface area contributed by atoms with Crippen LogP contribution in [-0.4, -0.2) is 20.6 Å². The highest BCUT2D eigenvalue weighted by Crippen LogP contribution is 2.45. The molecule has 1 saturated carbocycles. The van der Waals surface area contributed by atoms with Gasteiger partial charge in [0.05, 0.1) is 16.0 Å². The van der Waals surface area contributed by atoms with E-state index in [0.717, 1.165) is 30.4 Å². The normalized spacial score (nSPS) is 16.1. The second kappa shape index (κ2) is 6.42. The van der Waals surface area contributed by atoms with E-state index in [1.807, 2.05) is 0 Å². The zero-order valence-electron chi connectivity index (χ0n) is 13.6. The maximum absolute atomic E-state index is 14.1. The Morgan fingerprint density at radius 1 is 1.16 bits per heavy atom. The number of carbonyl (C=O) groups is 1. The zero-order chi connectivity index (χ0) is 18.2. The van der Waals surface area contributed by atoms with Crippen molar-refractivity contribution in [1.29, 1.82) is 0 Å². The molecule has 0 radical (unpaired) electrons. The summed E-state index contributed by atoms with van der Waals surface area (Å²) in [4.78, 5) is 12.8. The van der Waals surface area contributed by atoms with Gasteiger partial charge in [-0.05, 0) is 48.7 Å². The fourth-order valence-electron chi connectivity index (χ4n) is 3.02. The van der Waals surface area contributed by atoms with Crippen LogP contribution < -0.4 is 5.32 Å². The largest absolute Gasteiger partial charge is 0.323 e. The first-order chi connectivity index (χ1) is 11.7. The Morgan fingerprint density at radius 3 is 2.32 bits per heavy atom. The lowest BCUT2D eigenvalue weighted by Gasteiger charge is -2.40. The molecule has 1 amide bonds. The minimum absolute atomic E-state index is 0.0432. The maximum atomic E-state index is 14.1. The first-order valence-corrected chi connectivity index (χ1v) is 10.1. The maximum Gasteiger partial charge on any atom is 0.235 e. The van der Waals surface area contributed by atoms with Crippen LogP contribution in [0.4, 0.5) is 10.1 Å². The molecule has 0 saturated heterocycles. The SMILES string of the molecule is CS(=O)(=O)c1ccc(F)c(NC(=O)C2(c3ccc(Cl)cc3)CCC2)c1. The van der Waals surface area contributed by atoms with Crippen molar-refractivity contribution in [1.82, 2.24) is 0 Å². The summed E-state index contributed by atoms with van der Waals surface area (Å²) in [6, 6.07) is 10.4. The van der Waals surface area contributed by atoms with Gasteiger partial charge in [0.25, 0.3) is 0 Å². The first kappa shape index (κ1) is 17.9. The summed E-state index contributed by atoms with van der Waals surface area (Å²) in [6.07, 6.45) is 3.22.